The molecule has 1 N–H and O–H groups in total. The number of sulfonamides is 1. The average molecular weight is 445 g/mol. The van der Waals surface area contributed by atoms with Gasteiger partial charge in [-0.3, -0.25) is 14.5 Å². The monoisotopic (exact) mass is 445 g/mol. The van der Waals surface area contributed by atoms with Crippen LogP contribution in [0.4, 0.5) is 5.69 Å². The molecule has 13 heteroatoms. The fraction of sp³-hybridized carbons (Fsp3) is 0.278. The number of hydrogen-bond acceptors (Lipinski definition) is 8. The Morgan fingerprint density at radius 2 is 1.84 bits per heavy atom. The number of tetrazole rings is 1. The van der Waals surface area contributed by atoms with Gasteiger partial charge < -0.3 is 9.64 Å². The van der Waals surface area contributed by atoms with Crippen molar-refractivity contribution in [3.8, 4) is 5.69 Å². The maximum Gasteiger partial charge on any atom is 0.368 e. The smallest absolute Gasteiger partial charge is 0.368 e. The molecule has 1 fully saturated rings. The number of amides is 1. The molecular weight excluding hydrogens is 426 g/mol. The number of carbonyl (C=O) groups is 1. The summed E-state index contributed by atoms with van der Waals surface area (Å²) in [4.78, 5) is 30.3. The molecule has 0 aliphatic carbocycles. The Balaban J connectivity index is 1.47. The predicted octanol–water partition coefficient (Wildman–Crippen LogP) is -0.516. The van der Waals surface area contributed by atoms with E-state index in [2.05, 4.69) is 20.1 Å². The third-order valence-electron chi connectivity index (χ3n) is 4.60. The number of nitrogens with one attached hydrogen (secondary N) is 1. The van der Waals surface area contributed by atoms with E-state index >= 15 is 0 Å². The highest BCUT2D eigenvalue weighted by atomic mass is 32.2. The van der Waals surface area contributed by atoms with Gasteiger partial charge in [0.15, 0.2) is 0 Å². The van der Waals surface area contributed by atoms with E-state index in [9.17, 15) is 18.0 Å². The minimum absolute atomic E-state index is 0.0307. The molecule has 0 bridgehead atoms. The standard InChI is InChI=1S/C18H19N7O5S/c26-17(23-8-10-30-11-9-23)13-24-18(27)25(22-21-24)15-5-3-14(4-6-15)20-31(28,29)16-2-1-7-19-12-16/h1-7,12,20H,8-11,13H2. The molecule has 0 radical (unpaired) electrons. The molecule has 0 unspecified atom stereocenters. The van der Waals surface area contributed by atoms with E-state index in [1.807, 2.05) is 0 Å². The lowest BCUT2D eigenvalue weighted by Gasteiger charge is -2.26. The van der Waals surface area contributed by atoms with Crippen molar-refractivity contribution in [2.24, 2.45) is 0 Å². The van der Waals surface area contributed by atoms with Crippen LogP contribution in [-0.4, -0.2) is 70.3 Å². The number of morpholine rings is 1. The highest BCUT2D eigenvalue weighted by Gasteiger charge is 2.20. The van der Waals surface area contributed by atoms with Gasteiger partial charge in [-0.05, 0) is 46.8 Å². The molecule has 1 aliphatic heterocycles. The lowest BCUT2D eigenvalue weighted by atomic mass is 10.3. The lowest BCUT2D eigenvalue weighted by molar-refractivity contribution is -0.136. The van der Waals surface area contributed by atoms with Crippen LogP contribution in [-0.2, 0) is 26.1 Å². The Bertz CT molecular complexity index is 1220. The summed E-state index contributed by atoms with van der Waals surface area (Å²) in [6, 6.07) is 8.98. The van der Waals surface area contributed by atoms with Gasteiger partial charge in [-0.1, -0.05) is 0 Å². The van der Waals surface area contributed by atoms with Gasteiger partial charge in [0.05, 0.1) is 18.9 Å². The number of hydrogen-bond donors (Lipinski definition) is 1. The molecule has 4 rings (SSSR count). The number of anilines is 1. The largest absolute Gasteiger partial charge is 0.378 e. The molecule has 1 aromatic carbocycles. The van der Waals surface area contributed by atoms with Crippen LogP contribution < -0.4 is 10.4 Å². The van der Waals surface area contributed by atoms with E-state index in [1.165, 1.54) is 48.8 Å². The predicted molar refractivity (Wildman–Crippen MR) is 108 cm³/mol. The molecule has 31 heavy (non-hydrogen) atoms. The molecule has 0 spiro atoms. The molecule has 1 saturated heterocycles. The van der Waals surface area contributed by atoms with Crippen molar-refractivity contribution in [2.75, 3.05) is 31.0 Å². The molecular formula is C18H19N7O5S. The lowest BCUT2D eigenvalue weighted by Crippen LogP contribution is -2.43. The SMILES string of the molecule is O=C(Cn1nnn(-c2ccc(NS(=O)(=O)c3cccnc3)cc2)c1=O)N1CCOCC1. The highest BCUT2D eigenvalue weighted by Crippen LogP contribution is 2.16. The summed E-state index contributed by atoms with van der Waals surface area (Å²) >= 11 is 0. The highest BCUT2D eigenvalue weighted by molar-refractivity contribution is 7.92. The van der Waals surface area contributed by atoms with Crippen molar-refractivity contribution in [3.63, 3.8) is 0 Å². The first-order chi connectivity index (χ1) is 14.9. The number of rotatable bonds is 6. The molecule has 3 aromatic rings. The zero-order chi connectivity index (χ0) is 21.8. The summed E-state index contributed by atoms with van der Waals surface area (Å²) in [5, 5.41) is 7.58. The number of benzene rings is 1. The fourth-order valence-corrected chi connectivity index (χ4v) is 3.99. The first kappa shape index (κ1) is 20.7. The summed E-state index contributed by atoms with van der Waals surface area (Å²) < 4.78 is 34.4. The maximum absolute atomic E-state index is 12.6. The number of nitrogens with zero attached hydrogens (tertiary/aromatic N) is 6. The van der Waals surface area contributed by atoms with E-state index in [4.69, 9.17) is 4.74 Å². The minimum Gasteiger partial charge on any atom is -0.378 e. The Morgan fingerprint density at radius 3 is 2.52 bits per heavy atom. The summed E-state index contributed by atoms with van der Waals surface area (Å²) in [6.45, 7) is 1.65. The number of aromatic nitrogens is 5. The molecule has 1 amide bonds. The Labute approximate surface area is 177 Å². The van der Waals surface area contributed by atoms with Crippen LogP contribution in [0.25, 0.3) is 5.69 Å². The van der Waals surface area contributed by atoms with Crippen molar-refractivity contribution in [3.05, 3.63) is 59.3 Å². The summed E-state index contributed by atoms with van der Waals surface area (Å²) in [5.74, 6) is -0.238. The van der Waals surface area contributed by atoms with Crippen LogP contribution in [0.15, 0.2) is 58.5 Å². The van der Waals surface area contributed by atoms with Crippen molar-refractivity contribution >= 4 is 21.6 Å². The van der Waals surface area contributed by atoms with Crippen LogP contribution in [0.2, 0.25) is 0 Å². The summed E-state index contributed by atoms with van der Waals surface area (Å²) in [5.41, 5.74) is 0.0974. The van der Waals surface area contributed by atoms with Gasteiger partial charge in [0.25, 0.3) is 10.0 Å². The van der Waals surface area contributed by atoms with E-state index in [0.29, 0.717) is 37.7 Å². The van der Waals surface area contributed by atoms with E-state index in [-0.39, 0.29) is 17.3 Å². The van der Waals surface area contributed by atoms with E-state index < -0.39 is 15.7 Å². The van der Waals surface area contributed by atoms with Crippen molar-refractivity contribution in [2.45, 2.75) is 11.4 Å². The minimum atomic E-state index is -3.78. The fourth-order valence-electron chi connectivity index (χ4n) is 2.97. The van der Waals surface area contributed by atoms with Crippen molar-refractivity contribution in [1.82, 2.24) is 29.7 Å². The maximum atomic E-state index is 12.6. The van der Waals surface area contributed by atoms with Crippen LogP contribution >= 0.6 is 0 Å². The van der Waals surface area contributed by atoms with Crippen LogP contribution in [0.1, 0.15) is 0 Å². The van der Waals surface area contributed by atoms with Crippen molar-refractivity contribution in [1.29, 1.82) is 0 Å². The molecule has 162 valence electrons. The molecule has 0 atom stereocenters. The van der Waals surface area contributed by atoms with Gasteiger partial charge in [-0.25, -0.2) is 13.2 Å². The summed E-state index contributed by atoms with van der Waals surface area (Å²) in [7, 11) is -3.78. The molecule has 0 saturated carbocycles. The van der Waals surface area contributed by atoms with Crippen LogP contribution in [0.5, 0.6) is 0 Å². The van der Waals surface area contributed by atoms with Gasteiger partial charge in [0, 0.05) is 31.2 Å². The van der Waals surface area contributed by atoms with Gasteiger partial charge in [-0.15, -0.1) is 0 Å². The first-order valence-electron chi connectivity index (χ1n) is 9.36. The van der Waals surface area contributed by atoms with Gasteiger partial charge in [0.2, 0.25) is 5.91 Å². The Hall–Kier alpha value is -3.58. The number of pyridine rings is 1. The first-order valence-corrected chi connectivity index (χ1v) is 10.8. The van der Waals surface area contributed by atoms with Crippen LogP contribution in [0, 0.1) is 0 Å². The zero-order valence-electron chi connectivity index (χ0n) is 16.3. The third kappa shape index (κ3) is 4.62. The number of ether oxygens (including phenoxy) is 1. The van der Waals surface area contributed by atoms with Gasteiger partial charge >= 0.3 is 5.69 Å². The molecule has 2 aromatic heterocycles. The second kappa shape index (κ2) is 8.65. The van der Waals surface area contributed by atoms with Crippen molar-refractivity contribution < 1.29 is 17.9 Å². The average Bonchev–Trinajstić information content (AvgIpc) is 3.15. The zero-order valence-corrected chi connectivity index (χ0v) is 17.1. The normalized spacial score (nSPS) is 14.4. The van der Waals surface area contributed by atoms with Crippen LogP contribution in [0.3, 0.4) is 0 Å². The molecule has 3 heterocycles. The summed E-state index contributed by atoms with van der Waals surface area (Å²) in [6.07, 6.45) is 2.72. The van der Waals surface area contributed by atoms with Gasteiger partial charge in [0.1, 0.15) is 11.4 Å². The van der Waals surface area contributed by atoms with E-state index in [1.54, 1.807) is 4.90 Å². The Morgan fingerprint density at radius 1 is 1.10 bits per heavy atom. The number of carbonyl (C=O) groups excluding carboxylic acids is 1. The molecule has 1 aliphatic rings. The second-order valence-electron chi connectivity index (χ2n) is 6.67. The Kier molecular flexibility index (Phi) is 5.77. The molecule has 12 nitrogen and oxygen atoms in total. The second-order valence-corrected chi connectivity index (χ2v) is 8.35. The van der Waals surface area contributed by atoms with E-state index in [0.717, 1.165) is 9.36 Å². The topological polar surface area (TPSA) is 141 Å². The van der Waals surface area contributed by atoms with Gasteiger partial charge in [-0.2, -0.15) is 9.36 Å². The quantitative estimate of drug-likeness (QED) is 0.534. The third-order valence-corrected chi connectivity index (χ3v) is 5.96.